The van der Waals surface area contributed by atoms with Gasteiger partial charge in [-0.15, -0.1) is 0 Å². The summed E-state index contributed by atoms with van der Waals surface area (Å²) in [5.74, 6) is -2.22. The van der Waals surface area contributed by atoms with E-state index < -0.39 is 29.4 Å². The first kappa shape index (κ1) is 17.4. The number of hydrogen-bond acceptors (Lipinski definition) is 3. The van der Waals surface area contributed by atoms with Crippen LogP contribution in [0.15, 0.2) is 43.0 Å². The van der Waals surface area contributed by atoms with Crippen molar-refractivity contribution in [3.05, 3.63) is 48.6 Å². The Morgan fingerprint density at radius 2 is 1.86 bits per heavy atom. The van der Waals surface area contributed by atoms with Crippen LogP contribution in [0.25, 0.3) is 0 Å². The number of carboxylic acid groups (broad SMARTS) is 1. The van der Waals surface area contributed by atoms with Gasteiger partial charge in [-0.2, -0.15) is 0 Å². The van der Waals surface area contributed by atoms with Gasteiger partial charge >= 0.3 is 5.97 Å². The summed E-state index contributed by atoms with van der Waals surface area (Å²) >= 11 is 0. The minimum atomic E-state index is -1.24. The van der Waals surface area contributed by atoms with Crippen LogP contribution in [-0.4, -0.2) is 34.5 Å². The quantitative estimate of drug-likeness (QED) is 0.652. The average Bonchev–Trinajstić information content (AvgIpc) is 2.46. The Morgan fingerprint density at radius 1 is 1.27 bits per heavy atom. The molecule has 0 heterocycles. The lowest BCUT2D eigenvalue weighted by Gasteiger charge is -2.26. The molecule has 1 atom stereocenters. The smallest absolute Gasteiger partial charge is 0.326 e. The Hall–Kier alpha value is -2.63. The molecule has 3 N–H and O–H groups in total. The predicted octanol–water partition coefficient (Wildman–Crippen LogP) is 0.879. The van der Waals surface area contributed by atoms with Gasteiger partial charge in [0.2, 0.25) is 11.8 Å². The fourth-order valence-corrected chi connectivity index (χ4v) is 1.80. The van der Waals surface area contributed by atoms with Gasteiger partial charge in [0, 0.05) is 6.42 Å². The second kappa shape index (κ2) is 7.40. The van der Waals surface area contributed by atoms with Crippen LogP contribution in [0.1, 0.15) is 19.4 Å². The van der Waals surface area contributed by atoms with Crippen molar-refractivity contribution < 1.29 is 19.5 Å². The van der Waals surface area contributed by atoms with E-state index in [1.165, 1.54) is 13.8 Å². The van der Waals surface area contributed by atoms with Crippen LogP contribution in [-0.2, 0) is 20.8 Å². The summed E-state index contributed by atoms with van der Waals surface area (Å²) in [6, 6.07) is 7.91. The summed E-state index contributed by atoms with van der Waals surface area (Å²) in [7, 11) is 0. The molecule has 6 nitrogen and oxygen atoms in total. The molecule has 6 heteroatoms. The third kappa shape index (κ3) is 5.05. The predicted molar refractivity (Wildman–Crippen MR) is 82.1 cm³/mol. The summed E-state index contributed by atoms with van der Waals surface area (Å²) in [5.41, 5.74) is -0.446. The largest absolute Gasteiger partial charge is 0.480 e. The Morgan fingerprint density at radius 3 is 2.36 bits per heavy atom. The van der Waals surface area contributed by atoms with Crippen molar-refractivity contribution in [2.24, 2.45) is 0 Å². The molecule has 0 aliphatic rings. The molecule has 0 spiro atoms. The first-order valence-electron chi connectivity index (χ1n) is 6.78. The molecule has 0 aromatic heterocycles. The molecule has 0 fully saturated rings. The molecule has 1 rings (SSSR count). The molecular formula is C16H20N2O4. The van der Waals surface area contributed by atoms with Crippen molar-refractivity contribution in [3.8, 4) is 0 Å². The van der Waals surface area contributed by atoms with E-state index >= 15 is 0 Å². The highest BCUT2D eigenvalue weighted by molar-refractivity contribution is 5.96. The van der Waals surface area contributed by atoms with Crippen LogP contribution in [0.2, 0.25) is 0 Å². The number of carbonyl (C=O) groups is 3. The average molecular weight is 304 g/mol. The zero-order valence-electron chi connectivity index (χ0n) is 12.6. The number of nitrogens with one attached hydrogen (secondary N) is 2. The third-order valence-corrected chi connectivity index (χ3v) is 3.07. The van der Waals surface area contributed by atoms with Gasteiger partial charge in [-0.05, 0) is 25.5 Å². The van der Waals surface area contributed by atoms with E-state index in [2.05, 4.69) is 17.2 Å². The van der Waals surface area contributed by atoms with E-state index in [1.54, 1.807) is 24.3 Å². The topological polar surface area (TPSA) is 95.5 Å². The van der Waals surface area contributed by atoms with Crippen molar-refractivity contribution in [1.29, 1.82) is 0 Å². The van der Waals surface area contributed by atoms with Gasteiger partial charge in [-0.25, -0.2) is 4.79 Å². The number of carbonyl (C=O) groups excluding carboxylic acids is 2. The van der Waals surface area contributed by atoms with Crippen molar-refractivity contribution in [3.63, 3.8) is 0 Å². The number of carboxylic acids is 1. The van der Waals surface area contributed by atoms with Crippen molar-refractivity contribution in [2.45, 2.75) is 31.8 Å². The number of benzene rings is 1. The molecule has 0 aliphatic heterocycles. The SMILES string of the molecule is C=CC(=O)NC(C)(C)C(=O)NC(Cc1ccccc1)C(=O)O. The van der Waals surface area contributed by atoms with Crippen LogP contribution in [0, 0.1) is 0 Å². The molecule has 0 bridgehead atoms. The molecule has 1 unspecified atom stereocenters. The second-order valence-corrected chi connectivity index (χ2v) is 5.37. The molecule has 118 valence electrons. The zero-order chi connectivity index (χ0) is 16.8. The third-order valence-electron chi connectivity index (χ3n) is 3.07. The number of hydrogen-bond donors (Lipinski definition) is 3. The standard InChI is InChI=1S/C16H20N2O4/c1-4-13(19)18-16(2,3)15(22)17-12(14(20)21)10-11-8-6-5-7-9-11/h4-9,12H,1,10H2,2-3H3,(H,17,22)(H,18,19)(H,20,21). The molecule has 1 aromatic rings. The molecular weight excluding hydrogens is 284 g/mol. The highest BCUT2D eigenvalue weighted by Gasteiger charge is 2.32. The van der Waals surface area contributed by atoms with Crippen molar-refractivity contribution in [2.75, 3.05) is 0 Å². The Balaban J connectivity index is 2.78. The van der Waals surface area contributed by atoms with Crippen LogP contribution in [0.4, 0.5) is 0 Å². The molecule has 0 aliphatic carbocycles. The lowest BCUT2D eigenvalue weighted by molar-refractivity contribution is -0.142. The Labute approximate surface area is 129 Å². The highest BCUT2D eigenvalue weighted by Crippen LogP contribution is 2.07. The van der Waals surface area contributed by atoms with E-state index in [4.69, 9.17) is 0 Å². The maximum Gasteiger partial charge on any atom is 0.326 e. The zero-order valence-corrected chi connectivity index (χ0v) is 12.6. The lowest BCUT2D eigenvalue weighted by atomic mass is 10.0. The summed E-state index contributed by atoms with van der Waals surface area (Å²) in [4.78, 5) is 34.8. The Bertz CT molecular complexity index is 567. The highest BCUT2D eigenvalue weighted by atomic mass is 16.4. The van der Waals surface area contributed by atoms with Gasteiger partial charge in [-0.3, -0.25) is 9.59 Å². The van der Waals surface area contributed by atoms with Crippen molar-refractivity contribution >= 4 is 17.8 Å². The van der Waals surface area contributed by atoms with Gasteiger partial charge in [0.05, 0.1) is 0 Å². The maximum atomic E-state index is 12.2. The van der Waals surface area contributed by atoms with Gasteiger partial charge in [0.25, 0.3) is 0 Å². The summed E-state index contributed by atoms with van der Waals surface area (Å²) in [5, 5.41) is 14.2. The second-order valence-electron chi connectivity index (χ2n) is 5.37. The van der Waals surface area contributed by atoms with Crippen LogP contribution >= 0.6 is 0 Å². The normalized spacial score (nSPS) is 12.1. The summed E-state index contributed by atoms with van der Waals surface area (Å²) < 4.78 is 0. The monoisotopic (exact) mass is 304 g/mol. The number of rotatable bonds is 7. The fraction of sp³-hybridized carbons (Fsp3) is 0.312. The number of amides is 2. The van der Waals surface area contributed by atoms with E-state index in [0.717, 1.165) is 11.6 Å². The van der Waals surface area contributed by atoms with E-state index in [9.17, 15) is 19.5 Å². The van der Waals surface area contributed by atoms with Crippen molar-refractivity contribution in [1.82, 2.24) is 10.6 Å². The van der Waals surface area contributed by atoms with Crippen LogP contribution in [0.5, 0.6) is 0 Å². The maximum absolute atomic E-state index is 12.2. The molecule has 22 heavy (non-hydrogen) atoms. The fourth-order valence-electron chi connectivity index (χ4n) is 1.80. The summed E-state index contributed by atoms with van der Waals surface area (Å²) in [6.07, 6.45) is 1.21. The Kier molecular flexibility index (Phi) is 5.86. The van der Waals surface area contributed by atoms with Gasteiger partial charge in [-0.1, -0.05) is 36.9 Å². The number of aliphatic carboxylic acids is 1. The van der Waals surface area contributed by atoms with E-state index in [0.29, 0.717) is 0 Å². The molecule has 2 amide bonds. The first-order valence-corrected chi connectivity index (χ1v) is 6.78. The molecule has 0 radical (unpaired) electrons. The first-order chi connectivity index (χ1) is 10.3. The van der Waals surface area contributed by atoms with Gasteiger partial charge in [0.1, 0.15) is 11.6 Å². The minimum Gasteiger partial charge on any atom is -0.480 e. The summed E-state index contributed by atoms with van der Waals surface area (Å²) in [6.45, 7) is 6.29. The van der Waals surface area contributed by atoms with E-state index in [1.807, 2.05) is 6.07 Å². The van der Waals surface area contributed by atoms with E-state index in [-0.39, 0.29) is 6.42 Å². The lowest BCUT2D eigenvalue weighted by Crippen LogP contribution is -2.57. The molecule has 0 saturated carbocycles. The van der Waals surface area contributed by atoms with Crippen LogP contribution < -0.4 is 10.6 Å². The van der Waals surface area contributed by atoms with Gasteiger partial charge in [0.15, 0.2) is 0 Å². The van der Waals surface area contributed by atoms with Crippen LogP contribution in [0.3, 0.4) is 0 Å². The minimum absolute atomic E-state index is 0.160. The molecule has 0 saturated heterocycles. The van der Waals surface area contributed by atoms with Gasteiger partial charge < -0.3 is 15.7 Å². The molecule has 1 aromatic carbocycles.